The summed E-state index contributed by atoms with van der Waals surface area (Å²) in [6, 6.07) is 26.5. The van der Waals surface area contributed by atoms with Gasteiger partial charge in [-0.05, 0) is 43.0 Å². The zero-order valence-electron chi connectivity index (χ0n) is 17.6. The molecule has 2 N–H and O–H groups in total. The third kappa shape index (κ3) is 4.94. The number of hydrogen-bond acceptors (Lipinski definition) is 2. The Balaban J connectivity index is 1.50. The molecule has 3 amide bonds. The Labute approximate surface area is 183 Å². The van der Waals surface area contributed by atoms with Crippen molar-refractivity contribution in [2.75, 3.05) is 11.9 Å². The van der Waals surface area contributed by atoms with E-state index in [1.54, 1.807) is 4.90 Å². The van der Waals surface area contributed by atoms with E-state index in [1.807, 2.05) is 91.9 Å². The van der Waals surface area contributed by atoms with Crippen molar-refractivity contribution in [1.82, 2.24) is 10.2 Å². The summed E-state index contributed by atoms with van der Waals surface area (Å²) in [5.74, 6) is -0.130. The van der Waals surface area contributed by atoms with Crippen LogP contribution >= 0.6 is 0 Å². The molecular formula is C26H27N3O2. The number of carbonyl (C=O) groups excluding carboxylic acids is 2. The highest BCUT2D eigenvalue weighted by molar-refractivity contribution is 5.94. The van der Waals surface area contributed by atoms with Crippen LogP contribution in [0.15, 0.2) is 84.9 Å². The van der Waals surface area contributed by atoms with Crippen molar-refractivity contribution in [3.8, 4) is 0 Å². The Morgan fingerprint density at radius 2 is 1.45 bits per heavy atom. The van der Waals surface area contributed by atoms with Gasteiger partial charge in [-0.25, -0.2) is 4.79 Å². The maximum Gasteiger partial charge on any atom is 0.322 e. The largest absolute Gasteiger partial charge is 0.343 e. The lowest BCUT2D eigenvalue weighted by Gasteiger charge is -2.27. The van der Waals surface area contributed by atoms with E-state index < -0.39 is 6.04 Å². The van der Waals surface area contributed by atoms with Gasteiger partial charge in [0.15, 0.2) is 0 Å². The molecule has 5 nitrogen and oxygen atoms in total. The number of anilines is 1. The summed E-state index contributed by atoms with van der Waals surface area (Å²) in [6.07, 6.45) is 1.46. The van der Waals surface area contributed by atoms with Gasteiger partial charge in [-0.1, -0.05) is 78.4 Å². The number of amides is 3. The molecule has 0 bridgehead atoms. The minimum absolute atomic E-state index is 0.130. The van der Waals surface area contributed by atoms with E-state index in [0.717, 1.165) is 28.8 Å². The molecule has 158 valence electrons. The Kier molecular flexibility index (Phi) is 6.32. The van der Waals surface area contributed by atoms with Gasteiger partial charge in [0, 0.05) is 12.2 Å². The molecule has 1 aliphatic heterocycles. The highest BCUT2D eigenvalue weighted by Gasteiger charge is 2.35. The lowest BCUT2D eigenvalue weighted by atomic mass is 9.98. The van der Waals surface area contributed by atoms with Crippen LogP contribution in [0, 0.1) is 6.92 Å². The van der Waals surface area contributed by atoms with Crippen molar-refractivity contribution in [1.29, 1.82) is 0 Å². The van der Waals surface area contributed by atoms with Crippen LogP contribution in [0.2, 0.25) is 0 Å². The third-order valence-corrected chi connectivity index (χ3v) is 5.67. The first kappa shape index (κ1) is 20.7. The molecule has 3 aromatic rings. The molecule has 1 aliphatic rings. The van der Waals surface area contributed by atoms with E-state index in [-0.39, 0.29) is 18.0 Å². The van der Waals surface area contributed by atoms with Gasteiger partial charge in [-0.3, -0.25) is 4.79 Å². The van der Waals surface area contributed by atoms with Crippen molar-refractivity contribution in [3.63, 3.8) is 0 Å². The number of rotatable bonds is 5. The van der Waals surface area contributed by atoms with E-state index in [4.69, 9.17) is 0 Å². The van der Waals surface area contributed by atoms with Gasteiger partial charge in [0.25, 0.3) is 0 Å². The summed E-state index contributed by atoms with van der Waals surface area (Å²) in [7, 11) is 0. The van der Waals surface area contributed by atoms with Crippen LogP contribution in [0.5, 0.6) is 0 Å². The summed E-state index contributed by atoms with van der Waals surface area (Å²) < 4.78 is 0. The average Bonchev–Trinajstić information content (AvgIpc) is 3.30. The summed E-state index contributed by atoms with van der Waals surface area (Å²) >= 11 is 0. The fourth-order valence-electron chi connectivity index (χ4n) is 4.00. The lowest BCUT2D eigenvalue weighted by molar-refractivity contribution is -0.125. The molecule has 4 rings (SSSR count). The number of benzene rings is 3. The second-order valence-corrected chi connectivity index (χ2v) is 7.91. The first-order valence-corrected chi connectivity index (χ1v) is 10.7. The molecule has 1 fully saturated rings. The molecule has 5 heteroatoms. The van der Waals surface area contributed by atoms with Crippen molar-refractivity contribution < 1.29 is 9.59 Å². The fraction of sp³-hybridized carbons (Fsp3) is 0.231. The maximum atomic E-state index is 13.3. The van der Waals surface area contributed by atoms with Crippen LogP contribution in [-0.4, -0.2) is 29.4 Å². The first-order chi connectivity index (χ1) is 15.1. The quantitative estimate of drug-likeness (QED) is 0.625. The molecule has 0 radical (unpaired) electrons. The van der Waals surface area contributed by atoms with Crippen LogP contribution in [0.4, 0.5) is 10.5 Å². The van der Waals surface area contributed by atoms with Gasteiger partial charge in [0.1, 0.15) is 6.04 Å². The highest BCUT2D eigenvalue weighted by Crippen LogP contribution is 2.25. The molecule has 31 heavy (non-hydrogen) atoms. The van der Waals surface area contributed by atoms with Gasteiger partial charge in [-0.2, -0.15) is 0 Å². The smallest absolute Gasteiger partial charge is 0.322 e. The van der Waals surface area contributed by atoms with Crippen LogP contribution in [0.25, 0.3) is 0 Å². The van der Waals surface area contributed by atoms with E-state index in [1.165, 1.54) is 0 Å². The molecule has 0 aromatic heterocycles. The second-order valence-electron chi connectivity index (χ2n) is 7.91. The van der Waals surface area contributed by atoms with Gasteiger partial charge in [-0.15, -0.1) is 0 Å². The maximum absolute atomic E-state index is 13.3. The van der Waals surface area contributed by atoms with Crippen molar-refractivity contribution in [3.05, 3.63) is 102 Å². The predicted molar refractivity (Wildman–Crippen MR) is 123 cm³/mol. The third-order valence-electron chi connectivity index (χ3n) is 5.67. The van der Waals surface area contributed by atoms with E-state index >= 15 is 0 Å². The molecule has 1 saturated heterocycles. The van der Waals surface area contributed by atoms with E-state index in [0.29, 0.717) is 13.0 Å². The summed E-state index contributed by atoms with van der Waals surface area (Å²) in [6.45, 7) is 2.57. The minimum Gasteiger partial charge on any atom is -0.343 e. The number of urea groups is 1. The van der Waals surface area contributed by atoms with Crippen LogP contribution in [-0.2, 0) is 4.79 Å². The Bertz CT molecular complexity index is 980. The number of hydrogen-bond donors (Lipinski definition) is 2. The number of nitrogens with zero attached hydrogens (tertiary/aromatic N) is 1. The lowest BCUT2D eigenvalue weighted by Crippen LogP contribution is -2.48. The van der Waals surface area contributed by atoms with Crippen LogP contribution in [0.3, 0.4) is 0 Å². The minimum atomic E-state index is -0.486. The van der Waals surface area contributed by atoms with E-state index in [9.17, 15) is 9.59 Å². The molecule has 1 unspecified atom stereocenters. The Hall–Kier alpha value is -3.60. The van der Waals surface area contributed by atoms with Crippen LogP contribution < -0.4 is 10.6 Å². The molecule has 1 atom stereocenters. The monoisotopic (exact) mass is 413 g/mol. The fourth-order valence-corrected chi connectivity index (χ4v) is 4.00. The predicted octanol–water partition coefficient (Wildman–Crippen LogP) is 4.90. The number of carbonyl (C=O) groups is 2. The standard InChI is InChI=1S/C26H27N3O2/c1-19-14-16-22(17-15-19)27-26(31)29-18-8-13-23(29)25(30)28-24(20-9-4-2-5-10-20)21-11-6-3-7-12-21/h2-7,9-12,14-17,23-24H,8,13,18H2,1H3,(H,27,31)(H,28,30). The first-order valence-electron chi connectivity index (χ1n) is 10.7. The molecule has 0 aliphatic carbocycles. The van der Waals surface area contributed by atoms with Gasteiger partial charge < -0.3 is 15.5 Å². The van der Waals surface area contributed by atoms with Crippen molar-refractivity contribution in [2.24, 2.45) is 0 Å². The molecule has 0 spiro atoms. The Morgan fingerprint density at radius 3 is 2.03 bits per heavy atom. The summed E-state index contributed by atoms with van der Waals surface area (Å²) in [5, 5.41) is 6.11. The SMILES string of the molecule is Cc1ccc(NC(=O)N2CCCC2C(=O)NC(c2ccccc2)c2ccccc2)cc1. The van der Waals surface area contributed by atoms with Gasteiger partial charge in [0.2, 0.25) is 5.91 Å². The molecule has 1 heterocycles. The highest BCUT2D eigenvalue weighted by atomic mass is 16.2. The van der Waals surface area contributed by atoms with Gasteiger partial charge >= 0.3 is 6.03 Å². The van der Waals surface area contributed by atoms with Crippen LogP contribution in [0.1, 0.15) is 35.6 Å². The average molecular weight is 414 g/mol. The Morgan fingerprint density at radius 1 is 0.871 bits per heavy atom. The molecule has 0 saturated carbocycles. The topological polar surface area (TPSA) is 61.4 Å². The van der Waals surface area contributed by atoms with Gasteiger partial charge in [0.05, 0.1) is 6.04 Å². The zero-order chi connectivity index (χ0) is 21.6. The summed E-state index contributed by atoms with van der Waals surface area (Å²) in [4.78, 5) is 27.8. The molecule has 3 aromatic carbocycles. The van der Waals surface area contributed by atoms with E-state index in [2.05, 4.69) is 10.6 Å². The zero-order valence-corrected chi connectivity index (χ0v) is 17.6. The molecular weight excluding hydrogens is 386 g/mol. The van der Waals surface area contributed by atoms with Crippen molar-refractivity contribution in [2.45, 2.75) is 31.8 Å². The number of nitrogens with one attached hydrogen (secondary N) is 2. The van der Waals surface area contributed by atoms with Crippen molar-refractivity contribution >= 4 is 17.6 Å². The number of aryl methyl sites for hydroxylation is 1. The summed E-state index contributed by atoms with van der Waals surface area (Å²) in [5.41, 5.74) is 3.88. The second kappa shape index (κ2) is 9.47. The number of likely N-dealkylation sites (tertiary alicyclic amines) is 1. The normalized spacial score (nSPS) is 15.7.